The smallest absolute Gasteiger partial charge is 0.127 e. The molecular formula is C12H18ClNO4. The summed E-state index contributed by atoms with van der Waals surface area (Å²) in [4.78, 5) is 0. The van der Waals surface area contributed by atoms with E-state index in [1.165, 1.54) is 12.1 Å². The number of nitrogens with two attached hydrogens (primary N) is 1. The van der Waals surface area contributed by atoms with Gasteiger partial charge in [0.1, 0.15) is 17.2 Å². The lowest BCUT2D eigenvalue weighted by Gasteiger charge is -2.28. The van der Waals surface area contributed by atoms with Crippen LogP contribution >= 0.6 is 12.4 Å². The largest absolute Gasteiger partial charge is 0.508 e. The summed E-state index contributed by atoms with van der Waals surface area (Å²) in [6.07, 6.45) is 1.61. The third-order valence-corrected chi connectivity index (χ3v) is 3.23. The van der Waals surface area contributed by atoms with Crippen LogP contribution in [-0.2, 0) is 4.74 Å². The second kappa shape index (κ2) is 6.13. The van der Waals surface area contributed by atoms with Gasteiger partial charge in [-0.15, -0.1) is 12.4 Å². The van der Waals surface area contributed by atoms with Crippen LogP contribution in [0.4, 0.5) is 0 Å². The first-order valence-electron chi connectivity index (χ1n) is 5.67. The number of hydrogen-bond donors (Lipinski definition) is 4. The van der Waals surface area contributed by atoms with Gasteiger partial charge in [-0.1, -0.05) is 0 Å². The summed E-state index contributed by atoms with van der Waals surface area (Å²) < 4.78 is 5.24. The summed E-state index contributed by atoms with van der Waals surface area (Å²) in [7, 11) is 0. The first-order chi connectivity index (χ1) is 8.09. The maximum atomic E-state index is 9.74. The second-order valence-electron chi connectivity index (χ2n) is 4.37. The van der Waals surface area contributed by atoms with Crippen molar-refractivity contribution in [2.75, 3.05) is 13.2 Å². The van der Waals surface area contributed by atoms with E-state index in [0.717, 1.165) is 12.8 Å². The minimum atomic E-state index is -0.445. The Morgan fingerprint density at radius 1 is 1.11 bits per heavy atom. The van der Waals surface area contributed by atoms with Gasteiger partial charge in [-0.3, -0.25) is 0 Å². The molecule has 0 aromatic heterocycles. The standard InChI is InChI=1S/C12H17NO4.ClH/c13-12(7-1-3-17-4-2-7)11-9(15)5-8(14)6-10(11)16;/h5-7,12,14-16H,1-4,13H2;1H/t12-;/m1./s1. The van der Waals surface area contributed by atoms with Gasteiger partial charge in [0, 0.05) is 31.4 Å². The lowest BCUT2D eigenvalue weighted by atomic mass is 9.87. The third-order valence-electron chi connectivity index (χ3n) is 3.23. The molecule has 2 rings (SSSR count). The molecule has 0 amide bonds. The van der Waals surface area contributed by atoms with Gasteiger partial charge >= 0.3 is 0 Å². The van der Waals surface area contributed by atoms with E-state index in [2.05, 4.69) is 0 Å². The van der Waals surface area contributed by atoms with Crippen LogP contribution in [0.3, 0.4) is 0 Å². The molecule has 1 aliphatic rings. The molecule has 0 saturated carbocycles. The Morgan fingerprint density at radius 3 is 2.11 bits per heavy atom. The number of benzene rings is 1. The first-order valence-corrected chi connectivity index (χ1v) is 5.67. The van der Waals surface area contributed by atoms with Crippen LogP contribution in [0.25, 0.3) is 0 Å². The molecule has 1 aromatic rings. The molecule has 1 atom stereocenters. The summed E-state index contributed by atoms with van der Waals surface area (Å²) in [5.41, 5.74) is 6.36. The van der Waals surface area contributed by atoms with Crippen molar-refractivity contribution in [3.05, 3.63) is 17.7 Å². The molecule has 1 heterocycles. The molecule has 0 bridgehead atoms. The van der Waals surface area contributed by atoms with Gasteiger partial charge in [-0.2, -0.15) is 0 Å². The SMILES string of the molecule is Cl.N[C@@H](c1c(O)cc(O)cc1O)C1CCOCC1. The van der Waals surface area contributed by atoms with E-state index in [0.29, 0.717) is 18.8 Å². The molecule has 6 heteroatoms. The van der Waals surface area contributed by atoms with E-state index in [1.54, 1.807) is 0 Å². The number of phenols is 3. The molecule has 0 radical (unpaired) electrons. The zero-order valence-corrected chi connectivity index (χ0v) is 10.7. The molecular weight excluding hydrogens is 258 g/mol. The highest BCUT2D eigenvalue weighted by atomic mass is 35.5. The van der Waals surface area contributed by atoms with Crippen LogP contribution in [0.1, 0.15) is 24.4 Å². The predicted molar refractivity (Wildman–Crippen MR) is 69.2 cm³/mol. The minimum absolute atomic E-state index is 0. The monoisotopic (exact) mass is 275 g/mol. The summed E-state index contributed by atoms with van der Waals surface area (Å²) >= 11 is 0. The van der Waals surface area contributed by atoms with E-state index in [1.807, 2.05) is 0 Å². The molecule has 0 unspecified atom stereocenters. The topological polar surface area (TPSA) is 95.9 Å². The number of phenolic OH excluding ortho intramolecular Hbond substituents is 3. The maximum Gasteiger partial charge on any atom is 0.127 e. The fourth-order valence-electron chi connectivity index (χ4n) is 2.26. The number of hydrogen-bond acceptors (Lipinski definition) is 5. The third kappa shape index (κ3) is 2.98. The first kappa shape index (κ1) is 14.9. The van der Waals surface area contributed by atoms with Crippen LogP contribution in [0, 0.1) is 5.92 Å². The molecule has 0 aliphatic carbocycles. The van der Waals surface area contributed by atoms with Crippen LogP contribution < -0.4 is 5.73 Å². The van der Waals surface area contributed by atoms with Gasteiger partial charge < -0.3 is 25.8 Å². The second-order valence-corrected chi connectivity index (χ2v) is 4.37. The Hall–Kier alpha value is -1.17. The van der Waals surface area contributed by atoms with Gasteiger partial charge in [0.05, 0.1) is 5.56 Å². The average Bonchev–Trinajstić information content (AvgIpc) is 2.28. The van der Waals surface area contributed by atoms with Gasteiger partial charge in [-0.05, 0) is 18.8 Å². The Kier molecular flexibility index (Phi) is 5.07. The Balaban J connectivity index is 0.00000162. The highest BCUT2D eigenvalue weighted by molar-refractivity contribution is 5.85. The zero-order valence-electron chi connectivity index (χ0n) is 9.87. The van der Waals surface area contributed by atoms with E-state index in [9.17, 15) is 15.3 Å². The number of rotatable bonds is 2. The van der Waals surface area contributed by atoms with Gasteiger partial charge in [0.15, 0.2) is 0 Å². The van der Waals surface area contributed by atoms with Crippen molar-refractivity contribution in [2.24, 2.45) is 11.7 Å². The van der Waals surface area contributed by atoms with Crippen LogP contribution in [-0.4, -0.2) is 28.5 Å². The summed E-state index contributed by atoms with van der Waals surface area (Å²) in [5.74, 6) is -0.337. The van der Waals surface area contributed by atoms with Crippen molar-refractivity contribution >= 4 is 12.4 Å². The molecule has 0 spiro atoms. The van der Waals surface area contributed by atoms with E-state index in [4.69, 9.17) is 10.5 Å². The summed E-state index contributed by atoms with van der Waals surface area (Å²) in [6, 6.07) is 1.93. The van der Waals surface area contributed by atoms with Crippen molar-refractivity contribution in [3.63, 3.8) is 0 Å². The molecule has 1 aromatic carbocycles. The van der Waals surface area contributed by atoms with Crippen LogP contribution in [0.2, 0.25) is 0 Å². The Bertz CT molecular complexity index is 384. The van der Waals surface area contributed by atoms with Crippen molar-refractivity contribution < 1.29 is 20.1 Å². The number of ether oxygens (including phenoxy) is 1. The normalized spacial score (nSPS) is 18.1. The van der Waals surface area contributed by atoms with Gasteiger partial charge in [-0.25, -0.2) is 0 Å². The number of halogens is 1. The quantitative estimate of drug-likeness (QED) is 0.658. The van der Waals surface area contributed by atoms with Gasteiger partial charge in [0.2, 0.25) is 0 Å². The Labute approximate surface area is 112 Å². The predicted octanol–water partition coefficient (Wildman–Crippen LogP) is 1.65. The fraction of sp³-hybridized carbons (Fsp3) is 0.500. The number of aromatic hydroxyl groups is 3. The Morgan fingerprint density at radius 2 is 1.61 bits per heavy atom. The molecule has 1 saturated heterocycles. The van der Waals surface area contributed by atoms with E-state index in [-0.39, 0.29) is 35.6 Å². The van der Waals surface area contributed by atoms with Crippen molar-refractivity contribution in [1.82, 2.24) is 0 Å². The fourth-order valence-corrected chi connectivity index (χ4v) is 2.26. The van der Waals surface area contributed by atoms with E-state index < -0.39 is 6.04 Å². The average molecular weight is 276 g/mol. The molecule has 5 N–H and O–H groups in total. The highest BCUT2D eigenvalue weighted by Gasteiger charge is 2.26. The summed E-state index contributed by atoms with van der Waals surface area (Å²) in [6.45, 7) is 1.30. The van der Waals surface area contributed by atoms with E-state index >= 15 is 0 Å². The molecule has 1 fully saturated rings. The molecule has 102 valence electrons. The van der Waals surface area contributed by atoms with Crippen molar-refractivity contribution in [1.29, 1.82) is 0 Å². The molecule has 18 heavy (non-hydrogen) atoms. The summed E-state index contributed by atoms with van der Waals surface area (Å²) in [5, 5.41) is 28.7. The van der Waals surface area contributed by atoms with Crippen molar-refractivity contribution in [2.45, 2.75) is 18.9 Å². The van der Waals surface area contributed by atoms with Crippen molar-refractivity contribution in [3.8, 4) is 17.2 Å². The lowest BCUT2D eigenvalue weighted by Crippen LogP contribution is -2.27. The highest BCUT2D eigenvalue weighted by Crippen LogP contribution is 2.40. The van der Waals surface area contributed by atoms with Crippen LogP contribution in [0.15, 0.2) is 12.1 Å². The van der Waals surface area contributed by atoms with Gasteiger partial charge in [0.25, 0.3) is 0 Å². The lowest BCUT2D eigenvalue weighted by molar-refractivity contribution is 0.0578. The van der Waals surface area contributed by atoms with Crippen LogP contribution in [0.5, 0.6) is 17.2 Å². The maximum absolute atomic E-state index is 9.74. The molecule has 5 nitrogen and oxygen atoms in total. The zero-order chi connectivity index (χ0) is 12.4. The minimum Gasteiger partial charge on any atom is -0.508 e. The molecule has 1 aliphatic heterocycles.